The molecule has 3 amide bonds. The van der Waals surface area contributed by atoms with E-state index in [9.17, 15) is 19.2 Å². The molecule has 1 spiro atoms. The number of nitrogens with zero attached hydrogens (tertiary/aromatic N) is 1. The third kappa shape index (κ3) is 4.15. The molecule has 2 heterocycles. The number of hydrogen-bond donors (Lipinski definition) is 1. The summed E-state index contributed by atoms with van der Waals surface area (Å²) < 4.78 is 0. The number of carbonyl (C=O) groups excluding carboxylic acids is 4. The number of carbonyl (C=O) groups is 4. The molecule has 1 unspecified atom stereocenters. The number of hydrogen-bond acceptors (Lipinski definition) is 4. The van der Waals surface area contributed by atoms with Crippen molar-refractivity contribution < 1.29 is 19.2 Å². The van der Waals surface area contributed by atoms with Gasteiger partial charge in [-0.1, -0.05) is 11.6 Å². The lowest BCUT2D eigenvalue weighted by Gasteiger charge is -2.45. The van der Waals surface area contributed by atoms with E-state index in [1.54, 1.807) is 18.2 Å². The lowest BCUT2D eigenvalue weighted by molar-refractivity contribution is -0.134. The molecule has 160 valence electrons. The maximum atomic E-state index is 13.1. The summed E-state index contributed by atoms with van der Waals surface area (Å²) in [7, 11) is 0. The molecule has 3 fully saturated rings. The fourth-order valence-corrected chi connectivity index (χ4v) is 5.44. The summed E-state index contributed by atoms with van der Waals surface area (Å²) in [6.45, 7) is 1.42. The van der Waals surface area contributed by atoms with Crippen molar-refractivity contribution >= 4 is 35.6 Å². The molecular formula is C23H27ClN2O4. The molecule has 1 N–H and O–H groups in total. The highest BCUT2D eigenvalue weighted by molar-refractivity contribution is 6.32. The molecule has 2 saturated heterocycles. The summed E-state index contributed by atoms with van der Waals surface area (Å²) in [5, 5.41) is 2.79. The van der Waals surface area contributed by atoms with E-state index in [0.29, 0.717) is 35.7 Å². The molecule has 0 bridgehead atoms. The van der Waals surface area contributed by atoms with Crippen molar-refractivity contribution in [1.29, 1.82) is 0 Å². The van der Waals surface area contributed by atoms with Crippen molar-refractivity contribution in [3.05, 3.63) is 34.3 Å². The van der Waals surface area contributed by atoms with Crippen molar-refractivity contribution in [1.82, 2.24) is 10.2 Å². The predicted octanol–water partition coefficient (Wildman–Crippen LogP) is 3.47. The first-order valence-electron chi connectivity index (χ1n) is 10.8. The van der Waals surface area contributed by atoms with E-state index in [2.05, 4.69) is 5.32 Å². The second-order valence-corrected chi connectivity index (χ2v) is 9.41. The Hall–Kier alpha value is -2.21. The Morgan fingerprint density at radius 3 is 2.43 bits per heavy atom. The summed E-state index contributed by atoms with van der Waals surface area (Å²) in [6, 6.07) is 5.09. The molecule has 0 radical (unpaired) electrons. The average Bonchev–Trinajstić information content (AvgIpc) is 2.75. The molecular weight excluding hydrogens is 404 g/mol. The number of rotatable bonds is 3. The number of aldehydes is 1. The van der Waals surface area contributed by atoms with Crippen LogP contribution in [0.1, 0.15) is 73.2 Å². The van der Waals surface area contributed by atoms with Gasteiger partial charge in [0.15, 0.2) is 0 Å². The summed E-state index contributed by atoms with van der Waals surface area (Å²) in [5.41, 5.74) is 1.40. The van der Waals surface area contributed by atoms with Gasteiger partial charge in [0.05, 0.1) is 5.92 Å². The van der Waals surface area contributed by atoms with Crippen LogP contribution in [0.3, 0.4) is 0 Å². The van der Waals surface area contributed by atoms with Crippen LogP contribution in [0.4, 0.5) is 0 Å². The van der Waals surface area contributed by atoms with Gasteiger partial charge in [0.1, 0.15) is 6.29 Å². The maximum absolute atomic E-state index is 13.1. The number of halogens is 1. The molecule has 3 aliphatic rings. The van der Waals surface area contributed by atoms with E-state index in [0.717, 1.165) is 44.8 Å². The maximum Gasteiger partial charge on any atom is 0.253 e. The van der Waals surface area contributed by atoms with Crippen LogP contribution < -0.4 is 5.32 Å². The Morgan fingerprint density at radius 1 is 1.10 bits per heavy atom. The Balaban J connectivity index is 1.44. The van der Waals surface area contributed by atoms with E-state index in [1.165, 1.54) is 0 Å². The van der Waals surface area contributed by atoms with Gasteiger partial charge in [0, 0.05) is 36.0 Å². The van der Waals surface area contributed by atoms with E-state index in [-0.39, 0.29) is 35.5 Å². The zero-order valence-electron chi connectivity index (χ0n) is 17.0. The van der Waals surface area contributed by atoms with E-state index in [4.69, 9.17) is 11.6 Å². The van der Waals surface area contributed by atoms with Crippen LogP contribution in [0.15, 0.2) is 18.2 Å². The van der Waals surface area contributed by atoms with Crippen LogP contribution in [-0.4, -0.2) is 42.0 Å². The fourth-order valence-electron chi connectivity index (χ4n) is 5.19. The molecule has 2 aliphatic heterocycles. The minimum absolute atomic E-state index is 0.0448. The number of benzene rings is 1. The van der Waals surface area contributed by atoms with Crippen molar-refractivity contribution in [2.24, 2.45) is 11.3 Å². The Labute approximate surface area is 181 Å². The zero-order valence-corrected chi connectivity index (χ0v) is 17.7. The van der Waals surface area contributed by atoms with Gasteiger partial charge in [0.2, 0.25) is 11.8 Å². The van der Waals surface area contributed by atoms with Gasteiger partial charge in [-0.05, 0) is 74.1 Å². The zero-order chi connectivity index (χ0) is 21.3. The summed E-state index contributed by atoms with van der Waals surface area (Å²) in [5.74, 6) is -0.986. The largest absolute Gasteiger partial charge is 0.339 e. The standard InChI is InChI=1S/C23H27ClN2O4/c24-19-3-1-16(13-18(19)17-2-4-20(28)25-21(17)29)22(30)26-11-9-23(10-12-26)7-5-15(14-27)6-8-23/h1,3,13-15,17H,2,4-12H2,(H,25,28,29). The Bertz CT molecular complexity index is 866. The quantitative estimate of drug-likeness (QED) is 0.587. The number of nitrogens with one attached hydrogen (secondary N) is 1. The molecule has 1 aliphatic carbocycles. The van der Waals surface area contributed by atoms with Gasteiger partial charge in [-0.15, -0.1) is 0 Å². The van der Waals surface area contributed by atoms with Crippen LogP contribution >= 0.6 is 11.6 Å². The Morgan fingerprint density at radius 2 is 1.80 bits per heavy atom. The monoisotopic (exact) mass is 430 g/mol. The van der Waals surface area contributed by atoms with Gasteiger partial charge < -0.3 is 9.69 Å². The van der Waals surface area contributed by atoms with E-state index in [1.807, 2.05) is 4.90 Å². The van der Waals surface area contributed by atoms with Crippen molar-refractivity contribution in [3.63, 3.8) is 0 Å². The van der Waals surface area contributed by atoms with Gasteiger partial charge in [0.25, 0.3) is 5.91 Å². The van der Waals surface area contributed by atoms with E-state index >= 15 is 0 Å². The van der Waals surface area contributed by atoms with Crippen molar-refractivity contribution in [2.45, 2.75) is 57.3 Å². The molecule has 1 atom stereocenters. The SMILES string of the molecule is O=CC1CCC2(CC1)CCN(C(=O)c1ccc(Cl)c(C3CCC(=O)NC3=O)c1)CC2. The number of imide groups is 1. The smallest absolute Gasteiger partial charge is 0.253 e. The van der Waals surface area contributed by atoms with Gasteiger partial charge in [-0.3, -0.25) is 19.7 Å². The molecule has 7 heteroatoms. The highest BCUT2D eigenvalue weighted by Crippen LogP contribution is 2.46. The topological polar surface area (TPSA) is 83.6 Å². The molecule has 0 aromatic heterocycles. The molecule has 6 nitrogen and oxygen atoms in total. The highest BCUT2D eigenvalue weighted by Gasteiger charge is 2.39. The molecule has 1 aromatic carbocycles. The molecule has 1 saturated carbocycles. The molecule has 4 rings (SSSR count). The molecule has 1 aromatic rings. The van der Waals surface area contributed by atoms with Crippen molar-refractivity contribution in [3.8, 4) is 0 Å². The van der Waals surface area contributed by atoms with Crippen LogP contribution in [0.25, 0.3) is 0 Å². The average molecular weight is 431 g/mol. The second-order valence-electron chi connectivity index (χ2n) is 9.01. The van der Waals surface area contributed by atoms with Crippen LogP contribution in [0.2, 0.25) is 5.02 Å². The third-order valence-corrected chi connectivity index (χ3v) is 7.60. The van der Waals surface area contributed by atoms with Crippen LogP contribution in [0.5, 0.6) is 0 Å². The summed E-state index contributed by atoms with van der Waals surface area (Å²) >= 11 is 6.33. The predicted molar refractivity (Wildman–Crippen MR) is 112 cm³/mol. The second kappa shape index (κ2) is 8.50. The summed E-state index contributed by atoms with van der Waals surface area (Å²) in [4.78, 5) is 49.7. The highest BCUT2D eigenvalue weighted by atomic mass is 35.5. The lowest BCUT2D eigenvalue weighted by atomic mass is 9.65. The minimum atomic E-state index is -0.513. The fraction of sp³-hybridized carbons (Fsp3) is 0.565. The third-order valence-electron chi connectivity index (χ3n) is 7.25. The number of likely N-dealkylation sites (tertiary alicyclic amines) is 1. The first kappa shape index (κ1) is 21.0. The van der Waals surface area contributed by atoms with E-state index < -0.39 is 5.92 Å². The summed E-state index contributed by atoms with van der Waals surface area (Å²) in [6.07, 6.45) is 7.76. The number of amides is 3. The lowest BCUT2D eigenvalue weighted by Crippen LogP contribution is -2.44. The normalized spacial score (nSPS) is 24.6. The molecule has 30 heavy (non-hydrogen) atoms. The Kier molecular flexibility index (Phi) is 5.96. The van der Waals surface area contributed by atoms with Crippen LogP contribution in [0, 0.1) is 11.3 Å². The number of piperidine rings is 2. The van der Waals surface area contributed by atoms with Gasteiger partial charge >= 0.3 is 0 Å². The van der Waals surface area contributed by atoms with Gasteiger partial charge in [-0.2, -0.15) is 0 Å². The van der Waals surface area contributed by atoms with Crippen molar-refractivity contribution in [2.75, 3.05) is 13.1 Å². The van der Waals surface area contributed by atoms with Gasteiger partial charge in [-0.25, -0.2) is 0 Å². The van der Waals surface area contributed by atoms with Crippen LogP contribution in [-0.2, 0) is 14.4 Å². The first-order chi connectivity index (χ1) is 14.4. The minimum Gasteiger partial charge on any atom is -0.339 e. The first-order valence-corrected chi connectivity index (χ1v) is 11.2.